The van der Waals surface area contributed by atoms with E-state index in [0.29, 0.717) is 0 Å². The van der Waals surface area contributed by atoms with Crippen LogP contribution in [0.5, 0.6) is 0 Å². The van der Waals surface area contributed by atoms with Gasteiger partial charge in [-0.15, -0.1) is 0 Å². The van der Waals surface area contributed by atoms with E-state index >= 15 is 0 Å². The van der Waals surface area contributed by atoms with Crippen LogP contribution in [0.3, 0.4) is 0 Å². The Balaban J connectivity index is 0. The Kier molecular flexibility index (Phi) is 4.10. The fraction of sp³-hybridized carbons (Fsp3) is 1.00. The van der Waals surface area contributed by atoms with Crippen molar-refractivity contribution >= 4 is 0 Å². The first kappa shape index (κ1) is 6.96. The van der Waals surface area contributed by atoms with Crippen LogP contribution in [0.4, 0.5) is 0 Å². The Morgan fingerprint density at radius 1 is 1.00 bits per heavy atom. The van der Waals surface area contributed by atoms with Crippen LogP contribution in [-0.2, 0) is 0 Å². The van der Waals surface area contributed by atoms with Crippen molar-refractivity contribution in [2.45, 2.75) is 20.8 Å². The van der Waals surface area contributed by atoms with E-state index < -0.39 is 0 Å². The molecule has 0 aliphatic rings. The van der Waals surface area contributed by atoms with Crippen LogP contribution in [-0.4, -0.2) is 24.5 Å². The van der Waals surface area contributed by atoms with Gasteiger partial charge in [-0.3, -0.25) is 0 Å². The molecule has 1 heteroatoms. The Morgan fingerprint density at radius 2 is 1.29 bits per heavy atom. The van der Waals surface area contributed by atoms with E-state index in [1.165, 1.54) is 19.6 Å². The summed E-state index contributed by atoms with van der Waals surface area (Å²) in [6.45, 7) is 10.1. The molecule has 0 unspecified atom stereocenters. The molecule has 0 aromatic carbocycles. The van der Waals surface area contributed by atoms with Crippen molar-refractivity contribution in [2.75, 3.05) is 19.6 Å². The van der Waals surface area contributed by atoms with Crippen molar-refractivity contribution in [1.29, 1.82) is 0 Å². The van der Waals surface area contributed by atoms with Crippen molar-refractivity contribution in [3.8, 4) is 0 Å². The van der Waals surface area contributed by atoms with Crippen LogP contribution in [0.2, 0.25) is 0 Å². The van der Waals surface area contributed by atoms with E-state index in [1.54, 1.807) is 0 Å². The van der Waals surface area contributed by atoms with Crippen LogP contribution in [0, 0.1) is 0 Å². The van der Waals surface area contributed by atoms with Crippen LogP contribution >= 0.6 is 0 Å². The number of hydrogen-bond donors (Lipinski definition) is 0. The zero-order chi connectivity index (χ0) is 5.70. The minimum atomic E-state index is 0. The van der Waals surface area contributed by atoms with Crippen molar-refractivity contribution in [1.82, 2.24) is 4.90 Å². The van der Waals surface area contributed by atoms with Gasteiger partial charge in [0.2, 0.25) is 0 Å². The highest BCUT2D eigenvalue weighted by atomic mass is 15.1. The van der Waals surface area contributed by atoms with E-state index in [-0.39, 0.29) is 1.43 Å². The molecule has 1 nitrogen and oxygen atoms in total. The second-order valence-corrected chi connectivity index (χ2v) is 1.62. The monoisotopic (exact) mass is 103 g/mol. The smallest absolute Gasteiger partial charge is 0 e. The largest absolute Gasteiger partial charge is 0.304 e. The van der Waals surface area contributed by atoms with Crippen molar-refractivity contribution in [3.63, 3.8) is 0 Å². The highest BCUT2D eigenvalue weighted by Gasteiger charge is 1.89. The molecule has 0 aliphatic heterocycles. The average Bonchev–Trinajstić information content (AvgIpc) is 1.72. The summed E-state index contributed by atoms with van der Waals surface area (Å²) in [5.74, 6) is 0. The highest BCUT2D eigenvalue weighted by Crippen LogP contribution is 1.81. The predicted octanol–water partition coefficient (Wildman–Crippen LogP) is 1.59. The van der Waals surface area contributed by atoms with Gasteiger partial charge in [0.1, 0.15) is 0 Å². The van der Waals surface area contributed by atoms with Gasteiger partial charge in [0, 0.05) is 1.43 Å². The molecule has 0 N–H and O–H groups in total. The van der Waals surface area contributed by atoms with E-state index in [0.717, 1.165) is 0 Å². The maximum Gasteiger partial charge on any atom is 0 e. The molecule has 0 atom stereocenters. The van der Waals surface area contributed by atoms with Gasteiger partial charge in [0.05, 0.1) is 0 Å². The van der Waals surface area contributed by atoms with Gasteiger partial charge in [-0.05, 0) is 19.6 Å². The maximum absolute atomic E-state index is 2.38. The van der Waals surface area contributed by atoms with Gasteiger partial charge in [-0.25, -0.2) is 0 Å². The van der Waals surface area contributed by atoms with E-state index in [2.05, 4.69) is 25.7 Å². The van der Waals surface area contributed by atoms with Gasteiger partial charge in [-0.1, -0.05) is 20.8 Å². The van der Waals surface area contributed by atoms with E-state index in [1.807, 2.05) is 0 Å². The zero-order valence-electron chi connectivity index (χ0n) is 5.57. The zero-order valence-corrected chi connectivity index (χ0v) is 5.57. The van der Waals surface area contributed by atoms with Gasteiger partial charge in [-0.2, -0.15) is 0 Å². The molecule has 0 aromatic heterocycles. The Bertz CT molecular complexity index is 30.0. The summed E-state index contributed by atoms with van der Waals surface area (Å²) >= 11 is 0. The fourth-order valence-corrected chi connectivity index (χ4v) is 0.671. The van der Waals surface area contributed by atoms with Crippen LogP contribution < -0.4 is 0 Å². The quantitative estimate of drug-likeness (QED) is 0.524. The van der Waals surface area contributed by atoms with Crippen LogP contribution in [0.25, 0.3) is 0 Å². The molecule has 0 fully saturated rings. The summed E-state index contributed by atoms with van der Waals surface area (Å²) < 4.78 is 0. The van der Waals surface area contributed by atoms with Crippen LogP contribution in [0.15, 0.2) is 0 Å². The Hall–Kier alpha value is -0.0400. The summed E-state index contributed by atoms with van der Waals surface area (Å²) in [4.78, 5) is 2.38. The fourth-order valence-electron chi connectivity index (χ4n) is 0.671. The van der Waals surface area contributed by atoms with E-state index in [4.69, 9.17) is 0 Å². The molecule has 0 aliphatic carbocycles. The molecular weight excluding hydrogens is 86.1 g/mol. The van der Waals surface area contributed by atoms with Crippen molar-refractivity contribution in [3.05, 3.63) is 0 Å². The average molecular weight is 103 g/mol. The number of hydrogen-bond acceptors (Lipinski definition) is 1. The summed E-state index contributed by atoms with van der Waals surface area (Å²) in [5.41, 5.74) is 0. The summed E-state index contributed by atoms with van der Waals surface area (Å²) in [7, 11) is 0. The van der Waals surface area contributed by atoms with E-state index in [9.17, 15) is 0 Å². The van der Waals surface area contributed by atoms with Crippen molar-refractivity contribution < 1.29 is 1.43 Å². The normalized spacial score (nSPS) is 10.3. The molecule has 0 aromatic rings. The molecule has 0 bridgehead atoms. The third-order valence-corrected chi connectivity index (χ3v) is 1.34. The molecule has 0 saturated carbocycles. The van der Waals surface area contributed by atoms with Gasteiger partial charge >= 0.3 is 0 Å². The lowest BCUT2D eigenvalue weighted by molar-refractivity contribution is 0.321. The second kappa shape index (κ2) is 4.13. The molecular formula is C6H17N. The molecule has 46 valence electrons. The molecule has 0 saturated heterocycles. The van der Waals surface area contributed by atoms with Gasteiger partial charge in [0.15, 0.2) is 0 Å². The topological polar surface area (TPSA) is 3.24 Å². The molecule has 0 radical (unpaired) electrons. The number of rotatable bonds is 3. The standard InChI is InChI=1S/C6H15N.H2/c1-4-7(5-2)6-3;/h4-6H2,1-3H3;1H. The second-order valence-electron chi connectivity index (χ2n) is 1.62. The predicted molar refractivity (Wildman–Crippen MR) is 35.6 cm³/mol. The maximum atomic E-state index is 2.38. The third kappa shape index (κ3) is 2.63. The molecule has 0 amide bonds. The lowest BCUT2D eigenvalue weighted by Gasteiger charge is -2.13. The Labute approximate surface area is 47.8 Å². The first-order chi connectivity index (χ1) is 3.35. The molecule has 0 heterocycles. The SMILES string of the molecule is CCN(CC)CC.[HH]. The number of nitrogens with zero attached hydrogens (tertiary/aromatic N) is 1. The molecule has 7 heavy (non-hydrogen) atoms. The minimum Gasteiger partial charge on any atom is -0.304 e. The van der Waals surface area contributed by atoms with Crippen LogP contribution in [0.1, 0.15) is 22.2 Å². The van der Waals surface area contributed by atoms with Gasteiger partial charge in [0.25, 0.3) is 0 Å². The highest BCUT2D eigenvalue weighted by molar-refractivity contribution is 4.43. The van der Waals surface area contributed by atoms with Gasteiger partial charge < -0.3 is 4.90 Å². The summed E-state index contributed by atoms with van der Waals surface area (Å²) in [5, 5.41) is 0. The summed E-state index contributed by atoms with van der Waals surface area (Å²) in [6.07, 6.45) is 0. The first-order valence-corrected chi connectivity index (χ1v) is 3.07. The third-order valence-electron chi connectivity index (χ3n) is 1.34. The first-order valence-electron chi connectivity index (χ1n) is 3.07. The lowest BCUT2D eigenvalue weighted by atomic mass is 10.5. The minimum absolute atomic E-state index is 0. The molecule has 0 spiro atoms. The molecule has 0 rings (SSSR count). The van der Waals surface area contributed by atoms with Crippen molar-refractivity contribution in [2.24, 2.45) is 0 Å². The summed E-state index contributed by atoms with van der Waals surface area (Å²) in [6, 6.07) is 0. The Morgan fingerprint density at radius 3 is 1.29 bits per heavy atom. The lowest BCUT2D eigenvalue weighted by Crippen LogP contribution is -2.21.